The highest BCUT2D eigenvalue weighted by molar-refractivity contribution is 6.36. The number of rotatable bonds is 7. The number of fused-ring (bicyclic) bond motifs is 1. The number of hydrogen-bond donors (Lipinski definition) is 1. The molecule has 0 fully saturated rings. The van der Waals surface area contributed by atoms with Crippen LogP contribution in [0.5, 0.6) is 0 Å². The molecule has 1 aliphatic rings. The molecular weight excluding hydrogens is 414 g/mol. The van der Waals surface area contributed by atoms with Gasteiger partial charge in [0, 0.05) is 22.6 Å². The molecule has 3 rings (SSSR count). The molecule has 0 bridgehead atoms. The number of hydrazone groups is 1. The van der Waals surface area contributed by atoms with Gasteiger partial charge in [-0.1, -0.05) is 41.9 Å². The van der Waals surface area contributed by atoms with E-state index in [4.69, 9.17) is 21.3 Å². The summed E-state index contributed by atoms with van der Waals surface area (Å²) in [4.78, 5) is 23.6. The molecule has 0 unspecified atom stereocenters. The Morgan fingerprint density at radius 1 is 1.23 bits per heavy atom. The second kappa shape index (κ2) is 10.8. The zero-order valence-electron chi connectivity index (χ0n) is 17.9. The highest BCUT2D eigenvalue weighted by atomic mass is 35.5. The maximum Gasteiger partial charge on any atom is 0.354 e. The third-order valence-corrected chi connectivity index (χ3v) is 4.90. The number of nitrogens with one attached hydrogen (secondary N) is 1. The molecule has 0 radical (unpaired) electrons. The lowest BCUT2D eigenvalue weighted by Gasteiger charge is -2.10. The monoisotopic (exact) mass is 439 g/mol. The molecule has 0 aliphatic carbocycles. The van der Waals surface area contributed by atoms with E-state index in [0.29, 0.717) is 23.0 Å². The summed E-state index contributed by atoms with van der Waals surface area (Å²) in [5.74, 6) is 0.0738. The topological polar surface area (TPSA) is 78.6 Å². The summed E-state index contributed by atoms with van der Waals surface area (Å²) >= 11 is 6.25. The van der Waals surface area contributed by atoms with Crippen molar-refractivity contribution in [2.75, 3.05) is 34.3 Å². The Morgan fingerprint density at radius 2 is 2.00 bits per heavy atom. The number of methoxy groups -OCH3 is 1. The van der Waals surface area contributed by atoms with Crippen LogP contribution >= 0.6 is 11.6 Å². The Kier molecular flexibility index (Phi) is 7.92. The van der Waals surface area contributed by atoms with Crippen LogP contribution < -0.4 is 5.43 Å². The van der Waals surface area contributed by atoms with Gasteiger partial charge >= 0.3 is 5.97 Å². The minimum atomic E-state index is -0.457. The van der Waals surface area contributed by atoms with Crippen molar-refractivity contribution >= 4 is 40.5 Å². The quantitative estimate of drug-likeness (QED) is 0.405. The number of ether oxygens (including phenoxy) is 1. The van der Waals surface area contributed by atoms with Crippen LogP contribution in [-0.2, 0) is 9.53 Å². The van der Waals surface area contributed by atoms with Gasteiger partial charge in [0.05, 0.1) is 25.1 Å². The lowest BCUT2D eigenvalue weighted by Crippen LogP contribution is -2.26. The maximum atomic E-state index is 12.1. The normalized spacial score (nSPS) is 13.8. The molecule has 2 aromatic rings. The first kappa shape index (κ1) is 22.7. The standard InChI is InChI=1S/C23H26ClN5O2/c1-29(2)13-7-10-20(23(30)31-3)27-28-21-15-25-22(16-8-5-4-6-9-16)18-14-17(24)11-12-19(18)26-21/h4-6,8-9,11-12,14H,7,10,13,15H2,1-3H3,(H,26,28)/b27-20+. The van der Waals surface area contributed by atoms with Crippen LogP contribution in [0.2, 0.25) is 5.02 Å². The first-order valence-corrected chi connectivity index (χ1v) is 10.4. The zero-order chi connectivity index (χ0) is 22.2. The van der Waals surface area contributed by atoms with Crippen LogP contribution in [0, 0.1) is 0 Å². The van der Waals surface area contributed by atoms with Gasteiger partial charge in [-0.05, 0) is 45.3 Å². The van der Waals surface area contributed by atoms with Crippen molar-refractivity contribution in [3.05, 3.63) is 64.7 Å². The number of amidine groups is 1. The van der Waals surface area contributed by atoms with Gasteiger partial charge < -0.3 is 9.64 Å². The fraction of sp³-hybridized carbons (Fsp3) is 0.304. The van der Waals surface area contributed by atoms with E-state index in [9.17, 15) is 4.79 Å². The van der Waals surface area contributed by atoms with Crippen LogP contribution in [0.3, 0.4) is 0 Å². The molecule has 31 heavy (non-hydrogen) atoms. The number of halogens is 1. The third-order valence-electron chi connectivity index (χ3n) is 4.66. The molecule has 0 aromatic heterocycles. The van der Waals surface area contributed by atoms with Crippen molar-refractivity contribution in [3.63, 3.8) is 0 Å². The fourth-order valence-corrected chi connectivity index (χ4v) is 3.31. The SMILES string of the molecule is COC(=O)/C(CCCN(C)C)=N/NC1=Nc2ccc(Cl)cc2C(c2ccccc2)=NC1. The number of esters is 1. The number of nitrogens with zero attached hydrogens (tertiary/aromatic N) is 4. The van der Waals surface area contributed by atoms with Gasteiger partial charge in [-0.15, -0.1) is 0 Å². The number of hydrogen-bond acceptors (Lipinski definition) is 7. The molecule has 2 aromatic carbocycles. The predicted molar refractivity (Wildman–Crippen MR) is 126 cm³/mol. The molecule has 8 heteroatoms. The molecule has 7 nitrogen and oxygen atoms in total. The molecular formula is C23H26ClN5O2. The molecule has 1 N–H and O–H groups in total. The summed E-state index contributed by atoms with van der Waals surface area (Å²) in [6.07, 6.45) is 1.28. The summed E-state index contributed by atoms with van der Waals surface area (Å²) in [6.45, 7) is 1.13. The Labute approximate surface area is 187 Å². The van der Waals surface area contributed by atoms with Gasteiger partial charge in [-0.25, -0.2) is 9.79 Å². The van der Waals surface area contributed by atoms with E-state index in [0.717, 1.165) is 35.5 Å². The molecule has 162 valence electrons. The van der Waals surface area contributed by atoms with E-state index in [-0.39, 0.29) is 6.54 Å². The molecule has 0 atom stereocenters. The summed E-state index contributed by atoms with van der Waals surface area (Å²) in [5, 5.41) is 4.90. The number of carbonyl (C=O) groups excluding carboxylic acids is 1. The van der Waals surface area contributed by atoms with E-state index < -0.39 is 5.97 Å². The van der Waals surface area contributed by atoms with Gasteiger partial charge in [0.25, 0.3) is 0 Å². The van der Waals surface area contributed by atoms with Crippen molar-refractivity contribution < 1.29 is 9.53 Å². The average molecular weight is 440 g/mol. The largest absolute Gasteiger partial charge is 0.464 e. The molecule has 1 aliphatic heterocycles. The number of aliphatic imine (C=N–C) groups is 2. The highest BCUT2D eigenvalue weighted by Crippen LogP contribution is 2.28. The Balaban J connectivity index is 1.88. The van der Waals surface area contributed by atoms with Crippen LogP contribution in [0.25, 0.3) is 0 Å². The third kappa shape index (κ3) is 6.23. The molecule has 1 heterocycles. The second-order valence-corrected chi connectivity index (χ2v) is 7.76. The number of carbonyl (C=O) groups is 1. The highest BCUT2D eigenvalue weighted by Gasteiger charge is 2.17. The summed E-state index contributed by atoms with van der Waals surface area (Å²) < 4.78 is 4.87. The molecule has 0 saturated carbocycles. The summed E-state index contributed by atoms with van der Waals surface area (Å²) in [5.41, 5.74) is 6.61. The van der Waals surface area contributed by atoms with Crippen molar-refractivity contribution in [2.24, 2.45) is 15.1 Å². The molecule has 0 amide bonds. The van der Waals surface area contributed by atoms with Gasteiger partial charge in [-0.3, -0.25) is 10.4 Å². The lowest BCUT2D eigenvalue weighted by atomic mass is 10.0. The lowest BCUT2D eigenvalue weighted by molar-refractivity contribution is -0.132. The summed E-state index contributed by atoms with van der Waals surface area (Å²) in [6, 6.07) is 15.4. The molecule has 0 spiro atoms. The minimum absolute atomic E-state index is 0.284. The smallest absolute Gasteiger partial charge is 0.354 e. The van der Waals surface area contributed by atoms with Crippen LogP contribution in [0.15, 0.2) is 63.6 Å². The van der Waals surface area contributed by atoms with E-state index in [1.165, 1.54) is 7.11 Å². The first-order chi connectivity index (χ1) is 15.0. The summed E-state index contributed by atoms with van der Waals surface area (Å²) in [7, 11) is 5.32. The van der Waals surface area contributed by atoms with Crippen LogP contribution in [0.1, 0.15) is 24.0 Å². The van der Waals surface area contributed by atoms with Crippen molar-refractivity contribution in [1.29, 1.82) is 0 Å². The Hall–Kier alpha value is -3.03. The van der Waals surface area contributed by atoms with Gasteiger partial charge in [0.15, 0.2) is 0 Å². The average Bonchev–Trinajstić information content (AvgIpc) is 2.95. The molecule has 0 saturated heterocycles. The Bertz CT molecular complexity index is 1020. The zero-order valence-corrected chi connectivity index (χ0v) is 18.7. The first-order valence-electron chi connectivity index (χ1n) is 10.0. The van der Waals surface area contributed by atoms with E-state index in [1.807, 2.05) is 56.6 Å². The fourth-order valence-electron chi connectivity index (χ4n) is 3.13. The van der Waals surface area contributed by atoms with Gasteiger partial charge in [0.2, 0.25) is 0 Å². The van der Waals surface area contributed by atoms with Gasteiger partial charge in [-0.2, -0.15) is 5.10 Å². The van der Waals surface area contributed by atoms with Crippen LogP contribution in [-0.4, -0.2) is 62.4 Å². The van der Waals surface area contributed by atoms with Gasteiger partial charge in [0.1, 0.15) is 11.5 Å². The van der Waals surface area contributed by atoms with Crippen molar-refractivity contribution in [1.82, 2.24) is 10.3 Å². The van der Waals surface area contributed by atoms with Crippen LogP contribution in [0.4, 0.5) is 5.69 Å². The van der Waals surface area contributed by atoms with E-state index in [2.05, 4.69) is 20.4 Å². The van der Waals surface area contributed by atoms with Crippen molar-refractivity contribution in [3.8, 4) is 0 Å². The van der Waals surface area contributed by atoms with E-state index in [1.54, 1.807) is 6.07 Å². The Morgan fingerprint density at radius 3 is 2.71 bits per heavy atom. The van der Waals surface area contributed by atoms with E-state index >= 15 is 0 Å². The predicted octanol–water partition coefficient (Wildman–Crippen LogP) is 3.68. The second-order valence-electron chi connectivity index (χ2n) is 7.32. The maximum absolute atomic E-state index is 12.1. The minimum Gasteiger partial charge on any atom is -0.464 e. The number of benzene rings is 2. The van der Waals surface area contributed by atoms with Crippen molar-refractivity contribution in [2.45, 2.75) is 12.8 Å².